The van der Waals surface area contributed by atoms with Crippen molar-refractivity contribution in [3.63, 3.8) is 0 Å². The molecule has 1 spiro atoms. The number of aromatic nitrogens is 2. The van der Waals surface area contributed by atoms with E-state index in [-0.39, 0.29) is 11.4 Å². The number of hydrogen-bond acceptors (Lipinski definition) is 6. The lowest BCUT2D eigenvalue weighted by Gasteiger charge is -2.42. The second-order valence-electron chi connectivity index (χ2n) is 5.72. The molecule has 0 aliphatic carbocycles. The molecular formula is C15H19N5O. The molecule has 1 saturated heterocycles. The third-order valence-corrected chi connectivity index (χ3v) is 4.21. The topological polar surface area (TPSA) is 88.1 Å². The molecule has 0 saturated carbocycles. The Hall–Kier alpha value is -2.13. The van der Waals surface area contributed by atoms with E-state index in [9.17, 15) is 0 Å². The summed E-state index contributed by atoms with van der Waals surface area (Å²) >= 11 is 0. The summed E-state index contributed by atoms with van der Waals surface area (Å²) in [6, 6.07) is 1.98. The summed E-state index contributed by atoms with van der Waals surface area (Å²) in [5.41, 5.74) is 7.38. The lowest BCUT2D eigenvalue weighted by Crippen LogP contribution is -2.47. The van der Waals surface area contributed by atoms with E-state index in [4.69, 9.17) is 15.7 Å². The molecule has 1 aromatic rings. The van der Waals surface area contributed by atoms with Gasteiger partial charge in [0.25, 0.3) is 0 Å². The predicted octanol–water partition coefficient (Wildman–Crippen LogP) is 1.64. The summed E-state index contributed by atoms with van der Waals surface area (Å²) in [7, 11) is 0. The molecule has 0 unspecified atom stereocenters. The minimum atomic E-state index is -0.114. The van der Waals surface area contributed by atoms with Crippen LogP contribution in [0.15, 0.2) is 17.8 Å². The fourth-order valence-corrected chi connectivity index (χ4v) is 2.98. The molecule has 21 heavy (non-hydrogen) atoms. The summed E-state index contributed by atoms with van der Waals surface area (Å²) in [4.78, 5) is 10.6. The molecule has 3 heterocycles. The SMILES string of the molecule is CC1=CC2(CCN(c3ncc(C#N)c(N)n3)CC2)OCC1. The van der Waals surface area contributed by atoms with Gasteiger partial charge in [-0.2, -0.15) is 10.2 Å². The van der Waals surface area contributed by atoms with Crippen LogP contribution in [0.4, 0.5) is 11.8 Å². The fraction of sp³-hybridized carbons (Fsp3) is 0.533. The van der Waals surface area contributed by atoms with E-state index in [2.05, 4.69) is 27.9 Å². The first kappa shape index (κ1) is 13.8. The molecule has 2 aliphatic heterocycles. The second kappa shape index (κ2) is 5.34. The molecule has 0 aromatic carbocycles. The first-order valence-electron chi connectivity index (χ1n) is 7.22. The van der Waals surface area contributed by atoms with Gasteiger partial charge < -0.3 is 15.4 Å². The number of nitrogens with zero attached hydrogens (tertiary/aromatic N) is 4. The van der Waals surface area contributed by atoms with Crippen molar-refractivity contribution in [2.24, 2.45) is 0 Å². The third-order valence-electron chi connectivity index (χ3n) is 4.21. The van der Waals surface area contributed by atoms with Crippen LogP contribution in [0.3, 0.4) is 0 Å². The molecule has 6 nitrogen and oxygen atoms in total. The number of nitrogens with two attached hydrogens (primary N) is 1. The van der Waals surface area contributed by atoms with Crippen LogP contribution >= 0.6 is 0 Å². The Bertz CT molecular complexity index is 611. The summed E-state index contributed by atoms with van der Waals surface area (Å²) in [6.07, 6.45) is 6.65. The van der Waals surface area contributed by atoms with Gasteiger partial charge in [-0.15, -0.1) is 0 Å². The van der Waals surface area contributed by atoms with Gasteiger partial charge >= 0.3 is 0 Å². The van der Waals surface area contributed by atoms with E-state index >= 15 is 0 Å². The average Bonchev–Trinajstić information content (AvgIpc) is 2.48. The highest BCUT2D eigenvalue weighted by Gasteiger charge is 2.36. The molecule has 110 valence electrons. The normalized spacial score (nSPS) is 21.0. The number of nitriles is 1. The van der Waals surface area contributed by atoms with Crippen LogP contribution in [0, 0.1) is 11.3 Å². The maximum Gasteiger partial charge on any atom is 0.227 e. The van der Waals surface area contributed by atoms with Gasteiger partial charge in [0.15, 0.2) is 0 Å². The predicted molar refractivity (Wildman–Crippen MR) is 79.7 cm³/mol. The first-order valence-corrected chi connectivity index (χ1v) is 7.22. The van der Waals surface area contributed by atoms with Crippen molar-refractivity contribution in [3.05, 3.63) is 23.4 Å². The molecule has 2 aliphatic rings. The van der Waals surface area contributed by atoms with Gasteiger partial charge in [-0.1, -0.05) is 11.6 Å². The van der Waals surface area contributed by atoms with Crippen LogP contribution < -0.4 is 10.6 Å². The van der Waals surface area contributed by atoms with Gasteiger partial charge in [-0.05, 0) is 26.2 Å². The Labute approximate surface area is 124 Å². The fourth-order valence-electron chi connectivity index (χ4n) is 2.98. The standard InChI is InChI=1S/C15H19N5O/c1-11-2-7-21-15(8-11)3-5-20(6-4-15)14-18-10-12(9-16)13(17)19-14/h8,10H,2-7H2,1H3,(H2,17,18,19). The minimum Gasteiger partial charge on any atom is -0.382 e. The molecule has 0 amide bonds. The zero-order valence-corrected chi connectivity index (χ0v) is 12.2. The molecule has 3 rings (SSSR count). The second-order valence-corrected chi connectivity index (χ2v) is 5.72. The van der Waals surface area contributed by atoms with Gasteiger partial charge in [-0.25, -0.2) is 4.98 Å². The molecule has 1 aromatic heterocycles. The van der Waals surface area contributed by atoms with Gasteiger partial charge in [-0.3, -0.25) is 0 Å². The smallest absolute Gasteiger partial charge is 0.227 e. The van der Waals surface area contributed by atoms with E-state index in [0.717, 1.165) is 39.0 Å². The summed E-state index contributed by atoms with van der Waals surface area (Å²) < 4.78 is 6.01. The van der Waals surface area contributed by atoms with Crippen LogP contribution in [0.2, 0.25) is 0 Å². The van der Waals surface area contributed by atoms with Crippen molar-refractivity contribution in [2.75, 3.05) is 30.3 Å². The molecule has 0 atom stereocenters. The number of ether oxygens (including phenoxy) is 1. The van der Waals surface area contributed by atoms with Crippen molar-refractivity contribution in [1.82, 2.24) is 9.97 Å². The maximum absolute atomic E-state index is 8.86. The Kier molecular flexibility index (Phi) is 3.52. The number of rotatable bonds is 1. The Morgan fingerprint density at radius 1 is 1.43 bits per heavy atom. The van der Waals surface area contributed by atoms with Gasteiger partial charge in [0.1, 0.15) is 17.5 Å². The first-order chi connectivity index (χ1) is 10.1. The van der Waals surface area contributed by atoms with Gasteiger partial charge in [0.05, 0.1) is 18.4 Å². The number of piperidine rings is 1. The molecule has 6 heteroatoms. The van der Waals surface area contributed by atoms with Gasteiger partial charge in [0.2, 0.25) is 5.95 Å². The molecule has 0 radical (unpaired) electrons. The van der Waals surface area contributed by atoms with Crippen molar-refractivity contribution in [3.8, 4) is 6.07 Å². The Balaban J connectivity index is 1.73. The van der Waals surface area contributed by atoms with E-state index in [0.29, 0.717) is 11.5 Å². The molecular weight excluding hydrogens is 266 g/mol. The van der Waals surface area contributed by atoms with Crippen molar-refractivity contribution < 1.29 is 4.74 Å². The number of anilines is 2. The number of hydrogen-bond donors (Lipinski definition) is 1. The van der Waals surface area contributed by atoms with Crippen LogP contribution in [0.5, 0.6) is 0 Å². The Morgan fingerprint density at radius 3 is 2.81 bits per heavy atom. The lowest BCUT2D eigenvalue weighted by atomic mass is 9.87. The number of nitrogen functional groups attached to an aromatic ring is 1. The minimum absolute atomic E-state index is 0.114. The highest BCUT2D eigenvalue weighted by atomic mass is 16.5. The Morgan fingerprint density at radius 2 is 2.19 bits per heavy atom. The van der Waals surface area contributed by atoms with E-state index in [1.807, 2.05) is 6.07 Å². The zero-order valence-electron chi connectivity index (χ0n) is 12.2. The molecule has 0 bridgehead atoms. The monoisotopic (exact) mass is 285 g/mol. The van der Waals surface area contributed by atoms with E-state index in [1.165, 1.54) is 11.8 Å². The molecule has 1 fully saturated rings. The van der Waals surface area contributed by atoms with E-state index in [1.54, 1.807) is 0 Å². The third kappa shape index (κ3) is 2.69. The molecule has 2 N–H and O–H groups in total. The van der Waals surface area contributed by atoms with Crippen LogP contribution in [0.25, 0.3) is 0 Å². The summed E-state index contributed by atoms with van der Waals surface area (Å²) in [5, 5.41) is 8.86. The summed E-state index contributed by atoms with van der Waals surface area (Å²) in [6.45, 7) is 4.63. The lowest BCUT2D eigenvalue weighted by molar-refractivity contribution is -0.0327. The zero-order chi connectivity index (χ0) is 14.9. The van der Waals surface area contributed by atoms with Crippen LogP contribution in [-0.4, -0.2) is 35.3 Å². The van der Waals surface area contributed by atoms with E-state index < -0.39 is 0 Å². The highest BCUT2D eigenvalue weighted by Crippen LogP contribution is 2.33. The van der Waals surface area contributed by atoms with Crippen molar-refractivity contribution in [2.45, 2.75) is 31.8 Å². The highest BCUT2D eigenvalue weighted by molar-refractivity contribution is 5.50. The largest absolute Gasteiger partial charge is 0.382 e. The summed E-state index contributed by atoms with van der Waals surface area (Å²) in [5.74, 6) is 0.838. The average molecular weight is 285 g/mol. The van der Waals surface area contributed by atoms with Crippen LogP contribution in [-0.2, 0) is 4.74 Å². The van der Waals surface area contributed by atoms with Gasteiger partial charge in [0, 0.05) is 13.1 Å². The van der Waals surface area contributed by atoms with Crippen molar-refractivity contribution >= 4 is 11.8 Å². The van der Waals surface area contributed by atoms with Crippen LogP contribution in [0.1, 0.15) is 31.7 Å². The quantitative estimate of drug-likeness (QED) is 0.789. The maximum atomic E-state index is 8.86. The van der Waals surface area contributed by atoms with Crippen molar-refractivity contribution in [1.29, 1.82) is 5.26 Å².